The summed E-state index contributed by atoms with van der Waals surface area (Å²) in [6, 6.07) is 3.82. The van der Waals surface area contributed by atoms with Gasteiger partial charge in [-0.1, -0.05) is 6.07 Å². The quantitative estimate of drug-likeness (QED) is 0.206. The second kappa shape index (κ2) is 8.54. The van der Waals surface area contributed by atoms with Crippen molar-refractivity contribution < 1.29 is 49.7 Å². The minimum Gasteiger partial charge on any atom is -0.504 e. The van der Waals surface area contributed by atoms with E-state index in [1.807, 2.05) is 0 Å². The van der Waals surface area contributed by atoms with E-state index in [9.17, 15) is 30.0 Å². The summed E-state index contributed by atoms with van der Waals surface area (Å²) in [7, 11) is 0. The Bertz CT molecular complexity index is 769. The number of aromatic hydroxyl groups is 2. The molecule has 1 aliphatic rings. The molecule has 10 heteroatoms. The number of carboxylic acids is 1. The molecule has 27 heavy (non-hydrogen) atoms. The van der Waals surface area contributed by atoms with Gasteiger partial charge in [-0.2, -0.15) is 0 Å². The van der Waals surface area contributed by atoms with Crippen LogP contribution >= 0.6 is 0 Å². The summed E-state index contributed by atoms with van der Waals surface area (Å²) in [5.41, 5.74) is 0.364. The number of hydrogen-bond acceptors (Lipinski definition) is 9. The average Bonchev–Trinajstić information content (AvgIpc) is 2.63. The number of carbonyl (C=O) groups excluding carboxylic acids is 1. The summed E-state index contributed by atoms with van der Waals surface area (Å²) in [6.07, 6.45) is -3.16. The molecule has 0 spiro atoms. The van der Waals surface area contributed by atoms with Crippen molar-refractivity contribution >= 4 is 18.0 Å². The Morgan fingerprint density at radius 2 is 1.96 bits per heavy atom. The zero-order valence-electron chi connectivity index (χ0n) is 13.8. The third-order valence-electron chi connectivity index (χ3n) is 3.69. The smallest absolute Gasteiger partial charge is 0.370 e. The van der Waals surface area contributed by atoms with Crippen LogP contribution in [0, 0.1) is 0 Å². The molecule has 0 saturated carbocycles. The van der Waals surface area contributed by atoms with Crippen LogP contribution in [-0.2, 0) is 19.1 Å². The van der Waals surface area contributed by atoms with Gasteiger partial charge in [0.1, 0.15) is 12.2 Å². The number of phenols is 2. The number of phenolic OH excluding ortho intramolecular Hbond substituents is 2. The van der Waals surface area contributed by atoms with Gasteiger partial charge in [0.2, 0.25) is 5.76 Å². The van der Waals surface area contributed by atoms with Gasteiger partial charge < -0.3 is 40.1 Å². The molecule has 1 aromatic carbocycles. The summed E-state index contributed by atoms with van der Waals surface area (Å²) in [4.78, 5) is 23.0. The third-order valence-corrected chi connectivity index (χ3v) is 3.69. The molecule has 0 fully saturated rings. The number of ether oxygens (including phenoxy) is 2. The highest BCUT2D eigenvalue weighted by atomic mass is 16.6. The maximum atomic E-state index is 12.0. The summed E-state index contributed by atoms with van der Waals surface area (Å²) in [6.45, 7) is -0.818. The van der Waals surface area contributed by atoms with Crippen LogP contribution in [0.25, 0.3) is 6.08 Å². The van der Waals surface area contributed by atoms with Gasteiger partial charge in [-0.15, -0.1) is 0 Å². The zero-order valence-corrected chi connectivity index (χ0v) is 13.8. The van der Waals surface area contributed by atoms with E-state index in [0.717, 1.165) is 12.2 Å². The summed E-state index contributed by atoms with van der Waals surface area (Å²) in [5.74, 6) is -3.83. The molecule has 0 saturated heterocycles. The molecule has 1 heterocycles. The van der Waals surface area contributed by atoms with Crippen molar-refractivity contribution in [3.63, 3.8) is 0 Å². The van der Waals surface area contributed by atoms with Crippen molar-refractivity contribution in [1.29, 1.82) is 0 Å². The van der Waals surface area contributed by atoms with Gasteiger partial charge in [0.25, 0.3) is 0 Å². The molecule has 10 nitrogen and oxygen atoms in total. The molecule has 1 aliphatic heterocycles. The fourth-order valence-electron chi connectivity index (χ4n) is 2.34. The van der Waals surface area contributed by atoms with E-state index in [-0.39, 0.29) is 11.5 Å². The number of hydrogen-bond donors (Lipinski definition) is 6. The first-order valence-corrected chi connectivity index (χ1v) is 7.72. The number of carboxylic acid groups (broad SMARTS) is 1. The number of esters is 1. The number of aliphatic hydroxyl groups excluding tert-OH is 3. The molecule has 6 N–H and O–H groups in total. The highest BCUT2D eigenvalue weighted by molar-refractivity contribution is 5.87. The molecule has 2 rings (SSSR count). The highest BCUT2D eigenvalue weighted by Crippen LogP contribution is 2.26. The van der Waals surface area contributed by atoms with Crippen molar-refractivity contribution in [2.45, 2.75) is 24.4 Å². The first kappa shape index (κ1) is 20.2. The Kier molecular flexibility index (Phi) is 6.40. The molecular formula is C17H18O10. The maximum absolute atomic E-state index is 12.0. The molecule has 1 aromatic rings. The van der Waals surface area contributed by atoms with Crippen LogP contribution in [0.1, 0.15) is 5.56 Å². The molecular weight excluding hydrogens is 364 g/mol. The molecule has 0 radical (unpaired) electrons. The monoisotopic (exact) mass is 382 g/mol. The normalized spacial score (nSPS) is 23.4. The van der Waals surface area contributed by atoms with Gasteiger partial charge in [-0.3, -0.25) is 0 Å². The summed E-state index contributed by atoms with van der Waals surface area (Å²) in [5, 5.41) is 56.5. The Morgan fingerprint density at radius 3 is 2.56 bits per heavy atom. The van der Waals surface area contributed by atoms with Gasteiger partial charge in [0, 0.05) is 6.08 Å². The lowest BCUT2D eigenvalue weighted by molar-refractivity contribution is -0.176. The maximum Gasteiger partial charge on any atom is 0.370 e. The molecule has 0 aliphatic carbocycles. The number of aliphatic hydroxyl groups is 3. The van der Waals surface area contributed by atoms with Gasteiger partial charge >= 0.3 is 11.9 Å². The first-order chi connectivity index (χ1) is 12.7. The Labute approximate surface area is 152 Å². The lowest BCUT2D eigenvalue weighted by atomic mass is 9.99. The van der Waals surface area contributed by atoms with E-state index in [4.69, 9.17) is 19.7 Å². The fourth-order valence-corrected chi connectivity index (χ4v) is 2.34. The van der Waals surface area contributed by atoms with Crippen LogP contribution < -0.4 is 0 Å². The van der Waals surface area contributed by atoms with Crippen molar-refractivity contribution in [1.82, 2.24) is 0 Å². The minimum absolute atomic E-state index is 0.334. The van der Waals surface area contributed by atoms with Crippen LogP contribution in [-0.4, -0.2) is 73.6 Å². The van der Waals surface area contributed by atoms with Gasteiger partial charge in [0.15, 0.2) is 23.7 Å². The van der Waals surface area contributed by atoms with Gasteiger partial charge in [-0.05, 0) is 29.8 Å². The van der Waals surface area contributed by atoms with Crippen molar-refractivity contribution in [2.24, 2.45) is 0 Å². The van der Waals surface area contributed by atoms with E-state index in [0.29, 0.717) is 5.56 Å². The number of rotatable bonds is 6. The molecule has 4 unspecified atom stereocenters. The third kappa shape index (κ3) is 4.97. The van der Waals surface area contributed by atoms with E-state index in [2.05, 4.69) is 0 Å². The lowest BCUT2D eigenvalue weighted by Crippen LogP contribution is -2.52. The molecule has 0 aromatic heterocycles. The predicted octanol–water partition coefficient (Wildman–Crippen LogP) is -0.896. The fraction of sp³-hybridized carbons (Fsp3) is 0.294. The van der Waals surface area contributed by atoms with Crippen molar-refractivity contribution in [3.05, 3.63) is 41.7 Å². The molecule has 0 amide bonds. The molecule has 4 atom stereocenters. The average molecular weight is 382 g/mol. The molecule has 146 valence electrons. The molecule has 0 bridgehead atoms. The Hall–Kier alpha value is -3.08. The van der Waals surface area contributed by atoms with E-state index in [1.54, 1.807) is 0 Å². The highest BCUT2D eigenvalue weighted by Gasteiger charge is 2.42. The van der Waals surface area contributed by atoms with Crippen LogP contribution in [0.3, 0.4) is 0 Å². The largest absolute Gasteiger partial charge is 0.504 e. The van der Waals surface area contributed by atoms with Crippen molar-refractivity contribution in [3.8, 4) is 11.5 Å². The number of benzene rings is 1. The predicted molar refractivity (Wildman–Crippen MR) is 88.4 cm³/mol. The number of aliphatic carboxylic acids is 1. The topological polar surface area (TPSA) is 174 Å². The van der Waals surface area contributed by atoms with E-state index >= 15 is 0 Å². The van der Waals surface area contributed by atoms with E-state index in [1.165, 1.54) is 24.3 Å². The van der Waals surface area contributed by atoms with Crippen LogP contribution in [0.15, 0.2) is 36.1 Å². The minimum atomic E-state index is -1.61. The Balaban J connectivity index is 2.14. The standard InChI is InChI=1S/C17H18O10/c18-7-12(22)16-15(11(21)6-13(26-16)17(24)25)27-14(23)4-2-8-1-3-9(19)10(20)5-8/h1-6,11-12,15-16,18-22H,7H2,(H,24,25). The van der Waals surface area contributed by atoms with Crippen LogP contribution in [0.4, 0.5) is 0 Å². The van der Waals surface area contributed by atoms with Crippen molar-refractivity contribution in [2.75, 3.05) is 6.61 Å². The van der Waals surface area contributed by atoms with Crippen LogP contribution in [0.5, 0.6) is 11.5 Å². The van der Waals surface area contributed by atoms with Crippen LogP contribution in [0.2, 0.25) is 0 Å². The zero-order chi connectivity index (χ0) is 20.1. The second-order valence-electron chi connectivity index (χ2n) is 5.64. The Morgan fingerprint density at radius 1 is 1.26 bits per heavy atom. The summed E-state index contributed by atoms with van der Waals surface area (Å²) < 4.78 is 10.0. The summed E-state index contributed by atoms with van der Waals surface area (Å²) >= 11 is 0. The van der Waals surface area contributed by atoms with E-state index < -0.39 is 48.7 Å². The van der Waals surface area contributed by atoms with Gasteiger partial charge in [-0.25, -0.2) is 9.59 Å². The van der Waals surface area contributed by atoms with Gasteiger partial charge in [0.05, 0.1) is 6.61 Å². The lowest BCUT2D eigenvalue weighted by Gasteiger charge is -2.35. The second-order valence-corrected chi connectivity index (χ2v) is 5.64. The SMILES string of the molecule is O=C(C=Cc1ccc(O)c(O)c1)OC1C(O)C=C(C(=O)O)OC1C(O)CO. The first-order valence-electron chi connectivity index (χ1n) is 7.72. The number of carbonyl (C=O) groups is 2.